The van der Waals surface area contributed by atoms with Crippen LogP contribution in [-0.4, -0.2) is 53.9 Å². The average Bonchev–Trinajstić information content (AvgIpc) is 2.13. The first-order valence-corrected chi connectivity index (χ1v) is 7.68. The van der Waals surface area contributed by atoms with Gasteiger partial charge >= 0.3 is 88.7 Å². The van der Waals surface area contributed by atoms with Crippen molar-refractivity contribution in [3.63, 3.8) is 0 Å². The molecule has 102 valence electrons. The molecule has 0 amide bonds. The summed E-state index contributed by atoms with van der Waals surface area (Å²) in [6.07, 6.45) is 0. The summed E-state index contributed by atoms with van der Waals surface area (Å²) in [5.41, 5.74) is 0. The molecule has 1 heterocycles. The number of hydrogen-bond donors (Lipinski definition) is 0. The van der Waals surface area contributed by atoms with Crippen molar-refractivity contribution in [2.45, 2.75) is 15.5 Å². The van der Waals surface area contributed by atoms with Crippen molar-refractivity contribution < 1.29 is 128 Å². The predicted molar refractivity (Wildman–Crippen MR) is 43.7 cm³/mol. The Morgan fingerprint density at radius 3 is 0.762 bits per heavy atom. The monoisotopic (exact) mass is 387 g/mol. The molecule has 0 aromatic carbocycles. The van der Waals surface area contributed by atoms with E-state index in [1.54, 1.807) is 0 Å². The molecule has 21 heavy (non-hydrogen) atoms. The number of rotatable bonds is 3. The van der Waals surface area contributed by atoms with E-state index in [0.717, 1.165) is 0 Å². The van der Waals surface area contributed by atoms with Crippen LogP contribution in [0, 0.1) is 0 Å². The van der Waals surface area contributed by atoms with Crippen LogP contribution >= 0.6 is 0 Å². The maximum absolute atomic E-state index is 10.5. The fourth-order valence-corrected chi connectivity index (χ4v) is 2.02. The molecular formula is C3N3Na3O9S3. The molecular weight excluding hydrogens is 387 g/mol. The van der Waals surface area contributed by atoms with Gasteiger partial charge in [-0.15, -0.1) is 0 Å². The third-order valence-electron chi connectivity index (χ3n) is 1.24. The minimum atomic E-state index is -5.49. The summed E-state index contributed by atoms with van der Waals surface area (Å²) in [7, 11) is -16.5. The van der Waals surface area contributed by atoms with Gasteiger partial charge in [0.2, 0.25) is 15.5 Å². The van der Waals surface area contributed by atoms with E-state index in [1.165, 1.54) is 0 Å². The molecule has 0 atom stereocenters. The molecule has 0 saturated carbocycles. The molecule has 0 N–H and O–H groups in total. The van der Waals surface area contributed by atoms with E-state index in [-0.39, 0.29) is 88.7 Å². The summed E-state index contributed by atoms with van der Waals surface area (Å²) in [6.45, 7) is 0. The van der Waals surface area contributed by atoms with E-state index < -0.39 is 45.8 Å². The summed E-state index contributed by atoms with van der Waals surface area (Å²) in [5, 5.41) is -5.58. The molecule has 0 fully saturated rings. The molecule has 0 saturated heterocycles. The van der Waals surface area contributed by atoms with Gasteiger partial charge in [-0.05, 0) is 0 Å². The standard InChI is InChI=1S/C3H3N3O9S3.3Na/c7-16(8,9)1-4-2(17(10,11)12)6-3(5-1)18(13,14)15;;;/h(H,7,8,9)(H,10,11,12)(H,13,14,15);;;/q;3*+1/p-3. The van der Waals surface area contributed by atoms with Crippen LogP contribution in [0.5, 0.6) is 0 Å². The molecule has 0 unspecified atom stereocenters. The van der Waals surface area contributed by atoms with Crippen molar-refractivity contribution in [1.82, 2.24) is 15.0 Å². The van der Waals surface area contributed by atoms with E-state index >= 15 is 0 Å². The molecule has 18 heteroatoms. The summed E-state index contributed by atoms with van der Waals surface area (Å²) >= 11 is 0. The van der Waals surface area contributed by atoms with Crippen LogP contribution < -0.4 is 88.7 Å². The zero-order valence-corrected chi connectivity index (χ0v) is 19.2. The summed E-state index contributed by atoms with van der Waals surface area (Å²) in [5.74, 6) is 0. The first-order valence-electron chi connectivity index (χ1n) is 3.45. The Morgan fingerprint density at radius 2 is 0.667 bits per heavy atom. The maximum atomic E-state index is 10.5. The van der Waals surface area contributed by atoms with Gasteiger partial charge in [-0.25, -0.2) is 25.3 Å². The summed E-state index contributed by atoms with van der Waals surface area (Å²) in [4.78, 5) is 7.39. The van der Waals surface area contributed by atoms with E-state index in [4.69, 9.17) is 0 Å². The van der Waals surface area contributed by atoms with E-state index in [2.05, 4.69) is 15.0 Å². The first-order chi connectivity index (χ1) is 7.82. The van der Waals surface area contributed by atoms with Gasteiger partial charge in [0.05, 0.1) is 0 Å². The quantitative estimate of drug-likeness (QED) is 0.349. The fraction of sp³-hybridized carbons (Fsp3) is 0. The molecule has 0 aliphatic rings. The Hall–Kier alpha value is 1.74. The van der Waals surface area contributed by atoms with Crippen molar-refractivity contribution in [2.75, 3.05) is 0 Å². The van der Waals surface area contributed by atoms with Crippen LogP contribution in [0.15, 0.2) is 15.5 Å². The average molecular weight is 387 g/mol. The second-order valence-corrected chi connectivity index (χ2v) is 6.37. The topological polar surface area (TPSA) is 210 Å². The van der Waals surface area contributed by atoms with Gasteiger partial charge < -0.3 is 13.7 Å². The summed E-state index contributed by atoms with van der Waals surface area (Å²) in [6, 6.07) is 0. The molecule has 1 rings (SSSR count). The van der Waals surface area contributed by atoms with Crippen molar-refractivity contribution in [1.29, 1.82) is 0 Å². The van der Waals surface area contributed by atoms with Gasteiger partial charge in [0.15, 0.2) is 30.4 Å². The van der Waals surface area contributed by atoms with Gasteiger partial charge in [0.25, 0.3) is 0 Å². The maximum Gasteiger partial charge on any atom is 1.00 e. The zero-order valence-electron chi connectivity index (χ0n) is 10.7. The minimum Gasteiger partial charge on any atom is -0.742 e. The molecule has 1 aromatic rings. The summed E-state index contributed by atoms with van der Waals surface area (Å²) < 4.78 is 94.4. The molecule has 0 spiro atoms. The molecule has 0 aliphatic heterocycles. The largest absolute Gasteiger partial charge is 1.00 e. The van der Waals surface area contributed by atoms with Crippen molar-refractivity contribution in [3.8, 4) is 0 Å². The second kappa shape index (κ2) is 9.28. The van der Waals surface area contributed by atoms with Gasteiger partial charge in [0.1, 0.15) is 0 Å². The smallest absolute Gasteiger partial charge is 0.742 e. The van der Waals surface area contributed by atoms with Crippen LogP contribution in [0.3, 0.4) is 0 Å². The normalized spacial score (nSPS) is 11.6. The van der Waals surface area contributed by atoms with Gasteiger partial charge in [-0.2, -0.15) is 15.0 Å². The molecule has 12 nitrogen and oxygen atoms in total. The number of hydrogen-bond acceptors (Lipinski definition) is 12. The van der Waals surface area contributed by atoms with Crippen LogP contribution in [0.4, 0.5) is 0 Å². The predicted octanol–water partition coefficient (Wildman–Crippen LogP) is -12.4. The van der Waals surface area contributed by atoms with Gasteiger partial charge in [-0.1, -0.05) is 0 Å². The zero-order chi connectivity index (χ0) is 14.4. The van der Waals surface area contributed by atoms with Gasteiger partial charge in [0, 0.05) is 0 Å². The van der Waals surface area contributed by atoms with E-state index in [1.807, 2.05) is 0 Å². The Bertz CT molecular complexity index is 681. The number of nitrogens with zero attached hydrogens (tertiary/aromatic N) is 3. The van der Waals surface area contributed by atoms with Crippen molar-refractivity contribution >= 4 is 30.4 Å². The second-order valence-electron chi connectivity index (χ2n) is 2.55. The fourth-order valence-electron chi connectivity index (χ4n) is 0.656. The van der Waals surface area contributed by atoms with E-state index in [0.29, 0.717) is 0 Å². The molecule has 0 radical (unpaired) electrons. The van der Waals surface area contributed by atoms with E-state index in [9.17, 15) is 38.9 Å². The molecule has 1 aromatic heterocycles. The molecule has 0 bridgehead atoms. The van der Waals surface area contributed by atoms with Gasteiger partial charge in [-0.3, -0.25) is 0 Å². The SMILES string of the molecule is O=S(=O)([O-])c1nc(S(=O)(=O)[O-])nc(S(=O)(=O)[O-])n1.[Na+].[Na+].[Na+]. The third kappa shape index (κ3) is 8.41. The number of aromatic nitrogens is 3. The third-order valence-corrected chi connectivity index (χ3v) is 3.13. The van der Waals surface area contributed by atoms with Crippen molar-refractivity contribution in [3.05, 3.63) is 0 Å². The van der Waals surface area contributed by atoms with Crippen LogP contribution in [0.25, 0.3) is 0 Å². The molecule has 0 aliphatic carbocycles. The van der Waals surface area contributed by atoms with Crippen LogP contribution in [-0.2, 0) is 30.4 Å². The Kier molecular flexibility index (Phi) is 12.2. The van der Waals surface area contributed by atoms with Crippen LogP contribution in [0.1, 0.15) is 0 Å². The minimum absolute atomic E-state index is 0. The Labute approximate surface area is 185 Å². The Morgan fingerprint density at radius 1 is 0.524 bits per heavy atom. The Balaban J connectivity index is -0.00000108. The first kappa shape index (κ1) is 27.6. The van der Waals surface area contributed by atoms with Crippen molar-refractivity contribution in [2.24, 2.45) is 0 Å². The van der Waals surface area contributed by atoms with Crippen LogP contribution in [0.2, 0.25) is 0 Å².